The van der Waals surface area contributed by atoms with E-state index in [2.05, 4.69) is 15.3 Å². The number of benzene rings is 1. The van der Waals surface area contributed by atoms with Crippen LogP contribution in [0.5, 0.6) is 0 Å². The topological polar surface area (TPSA) is 75.1 Å². The Balaban J connectivity index is 1.85. The van der Waals surface area contributed by atoms with E-state index in [0.29, 0.717) is 18.5 Å². The molecule has 0 radical (unpaired) electrons. The Morgan fingerprint density at radius 1 is 1.29 bits per heavy atom. The van der Waals surface area contributed by atoms with Crippen LogP contribution >= 0.6 is 0 Å². The van der Waals surface area contributed by atoms with E-state index in [-0.39, 0.29) is 17.2 Å². The van der Waals surface area contributed by atoms with Gasteiger partial charge in [0.15, 0.2) is 0 Å². The molecule has 1 heterocycles. The normalized spacial score (nSPS) is 21.0. The maximum atomic E-state index is 14.1. The van der Waals surface area contributed by atoms with Gasteiger partial charge in [-0.3, -0.25) is 9.78 Å². The Hall–Kier alpha value is -2.41. The van der Waals surface area contributed by atoms with Crippen LogP contribution in [-0.2, 0) is 0 Å². The van der Waals surface area contributed by atoms with Crippen molar-refractivity contribution in [1.29, 1.82) is 0 Å². The molecule has 1 aromatic carbocycles. The number of carbonyl (C=O) groups excluding carboxylic acids is 1. The predicted octanol–water partition coefficient (Wildman–Crippen LogP) is 2.31. The minimum atomic E-state index is -0.725. The highest BCUT2D eigenvalue weighted by Gasteiger charge is 2.37. The number of amides is 1. The van der Waals surface area contributed by atoms with E-state index in [4.69, 9.17) is 0 Å². The maximum Gasteiger partial charge on any atom is 0.271 e. The minimum Gasteiger partial charge on any atom is -0.393 e. The number of halogens is 2. The number of nitrogens with zero attached hydrogens (tertiary/aromatic N) is 2. The second-order valence-electron chi connectivity index (χ2n) is 6.05. The minimum absolute atomic E-state index is 0.119. The largest absolute Gasteiger partial charge is 0.393 e. The molecule has 5 nitrogen and oxygen atoms in total. The number of aliphatic hydroxyl groups is 1. The van der Waals surface area contributed by atoms with Gasteiger partial charge in [0, 0.05) is 17.8 Å². The van der Waals surface area contributed by atoms with Crippen LogP contribution in [0.25, 0.3) is 0 Å². The second-order valence-corrected chi connectivity index (χ2v) is 6.05. The molecule has 0 aliphatic heterocycles. The van der Waals surface area contributed by atoms with Crippen molar-refractivity contribution in [3.05, 3.63) is 59.2 Å². The number of nitrogens with one attached hydrogen (secondary N) is 1. The van der Waals surface area contributed by atoms with Crippen molar-refractivity contribution in [1.82, 2.24) is 15.3 Å². The van der Waals surface area contributed by atoms with Crippen LogP contribution in [0.2, 0.25) is 0 Å². The van der Waals surface area contributed by atoms with Crippen molar-refractivity contribution in [3.63, 3.8) is 0 Å². The first-order chi connectivity index (χ1) is 11.4. The van der Waals surface area contributed by atoms with Crippen molar-refractivity contribution in [2.45, 2.75) is 31.9 Å². The lowest BCUT2D eigenvalue weighted by Gasteiger charge is -2.38. The third-order valence-electron chi connectivity index (χ3n) is 4.22. The number of rotatable bonds is 4. The molecule has 0 saturated heterocycles. The SMILES string of the molecule is Cc1cnc(C(=O)N[C@H](c2ccc(F)cc2F)C2CC(O)C2)cn1. The Bertz CT molecular complexity index is 746. The molecule has 1 aliphatic carbocycles. The number of aryl methyl sites for hydroxylation is 1. The van der Waals surface area contributed by atoms with Crippen LogP contribution in [0.1, 0.15) is 40.6 Å². The molecule has 1 atom stereocenters. The van der Waals surface area contributed by atoms with E-state index in [1.165, 1.54) is 18.5 Å². The molecule has 126 valence electrons. The number of aromatic nitrogens is 2. The quantitative estimate of drug-likeness (QED) is 0.900. The van der Waals surface area contributed by atoms with Crippen LogP contribution in [0.15, 0.2) is 30.6 Å². The predicted molar refractivity (Wildman–Crippen MR) is 82.1 cm³/mol. The highest BCUT2D eigenvalue weighted by molar-refractivity contribution is 5.92. The summed E-state index contributed by atoms with van der Waals surface area (Å²) in [6.07, 6.45) is 3.24. The molecule has 3 rings (SSSR count). The molecule has 1 aromatic heterocycles. The van der Waals surface area contributed by atoms with Gasteiger partial charge in [0.25, 0.3) is 5.91 Å². The summed E-state index contributed by atoms with van der Waals surface area (Å²) >= 11 is 0. The summed E-state index contributed by atoms with van der Waals surface area (Å²) in [4.78, 5) is 20.4. The summed E-state index contributed by atoms with van der Waals surface area (Å²) in [5, 5.41) is 12.3. The first kappa shape index (κ1) is 16.4. The fourth-order valence-corrected chi connectivity index (χ4v) is 2.83. The molecule has 0 unspecified atom stereocenters. The van der Waals surface area contributed by atoms with Crippen LogP contribution < -0.4 is 5.32 Å². The molecule has 0 spiro atoms. The Morgan fingerprint density at radius 3 is 2.62 bits per heavy atom. The van der Waals surface area contributed by atoms with Crippen molar-refractivity contribution in [2.24, 2.45) is 5.92 Å². The first-order valence-corrected chi connectivity index (χ1v) is 7.66. The van der Waals surface area contributed by atoms with Gasteiger partial charge in [-0.25, -0.2) is 13.8 Å². The lowest BCUT2D eigenvalue weighted by Crippen LogP contribution is -2.42. The molecular weight excluding hydrogens is 316 g/mol. The zero-order valence-electron chi connectivity index (χ0n) is 13.0. The van der Waals surface area contributed by atoms with Crippen LogP contribution in [0.3, 0.4) is 0 Å². The molecule has 2 N–H and O–H groups in total. The smallest absolute Gasteiger partial charge is 0.271 e. The molecule has 0 bridgehead atoms. The van der Waals surface area contributed by atoms with E-state index in [1.807, 2.05) is 0 Å². The van der Waals surface area contributed by atoms with Gasteiger partial charge in [0.05, 0.1) is 24.0 Å². The Morgan fingerprint density at radius 2 is 2.04 bits per heavy atom. The number of aliphatic hydroxyl groups excluding tert-OH is 1. The molecule has 1 aliphatic rings. The molecule has 1 amide bonds. The number of hydrogen-bond acceptors (Lipinski definition) is 4. The summed E-state index contributed by atoms with van der Waals surface area (Å²) in [6.45, 7) is 1.75. The number of hydrogen-bond donors (Lipinski definition) is 2. The van der Waals surface area contributed by atoms with Crippen molar-refractivity contribution in [2.75, 3.05) is 0 Å². The molecule has 24 heavy (non-hydrogen) atoms. The van der Waals surface area contributed by atoms with E-state index in [1.54, 1.807) is 6.92 Å². The van der Waals surface area contributed by atoms with Crippen molar-refractivity contribution in [3.8, 4) is 0 Å². The summed E-state index contributed by atoms with van der Waals surface area (Å²) in [5.74, 6) is -2.02. The van der Waals surface area contributed by atoms with Gasteiger partial charge in [0.1, 0.15) is 17.3 Å². The van der Waals surface area contributed by atoms with Gasteiger partial charge in [-0.05, 0) is 31.7 Å². The third kappa shape index (κ3) is 3.41. The van der Waals surface area contributed by atoms with Gasteiger partial charge < -0.3 is 10.4 Å². The van der Waals surface area contributed by atoms with E-state index in [0.717, 1.165) is 12.1 Å². The standard InChI is InChI=1S/C17H17F2N3O2/c1-9-7-21-15(8-20-9)17(24)22-16(10-4-12(23)5-10)13-3-2-11(18)6-14(13)19/h2-3,6-8,10,12,16,23H,4-5H2,1H3,(H,22,24)/t10?,12?,16-/m0/s1. The fourth-order valence-electron chi connectivity index (χ4n) is 2.83. The molecule has 7 heteroatoms. The van der Waals surface area contributed by atoms with Gasteiger partial charge in [0.2, 0.25) is 0 Å². The average Bonchev–Trinajstić information content (AvgIpc) is 2.51. The third-order valence-corrected chi connectivity index (χ3v) is 4.22. The van der Waals surface area contributed by atoms with Gasteiger partial charge in [-0.15, -0.1) is 0 Å². The summed E-state index contributed by atoms with van der Waals surface area (Å²) in [5.41, 5.74) is 0.990. The first-order valence-electron chi connectivity index (χ1n) is 7.66. The molecule has 1 saturated carbocycles. The lowest BCUT2D eigenvalue weighted by atomic mass is 9.75. The highest BCUT2D eigenvalue weighted by atomic mass is 19.1. The van der Waals surface area contributed by atoms with Crippen LogP contribution in [-0.4, -0.2) is 27.1 Å². The van der Waals surface area contributed by atoms with E-state index < -0.39 is 29.7 Å². The zero-order valence-corrected chi connectivity index (χ0v) is 13.0. The van der Waals surface area contributed by atoms with Gasteiger partial charge in [-0.2, -0.15) is 0 Å². The Labute approximate surface area is 137 Å². The summed E-state index contributed by atoms with van der Waals surface area (Å²) in [7, 11) is 0. The van der Waals surface area contributed by atoms with Crippen molar-refractivity contribution >= 4 is 5.91 Å². The van der Waals surface area contributed by atoms with Crippen LogP contribution in [0.4, 0.5) is 8.78 Å². The lowest BCUT2D eigenvalue weighted by molar-refractivity contribution is 0.0228. The molecular formula is C17H17F2N3O2. The van der Waals surface area contributed by atoms with E-state index in [9.17, 15) is 18.7 Å². The van der Waals surface area contributed by atoms with Crippen molar-refractivity contribution < 1.29 is 18.7 Å². The summed E-state index contributed by atoms with van der Waals surface area (Å²) in [6, 6.07) is 2.60. The van der Waals surface area contributed by atoms with Gasteiger partial charge in [-0.1, -0.05) is 6.07 Å². The monoisotopic (exact) mass is 333 g/mol. The zero-order chi connectivity index (χ0) is 17.3. The van der Waals surface area contributed by atoms with Gasteiger partial charge >= 0.3 is 0 Å². The number of carbonyl (C=O) groups is 1. The fraction of sp³-hybridized carbons (Fsp3) is 0.353. The average molecular weight is 333 g/mol. The Kier molecular flexibility index (Phi) is 4.53. The molecule has 1 fully saturated rings. The van der Waals surface area contributed by atoms with Crippen LogP contribution in [0, 0.1) is 24.5 Å². The highest BCUT2D eigenvalue weighted by Crippen LogP contribution is 2.39. The summed E-state index contributed by atoms with van der Waals surface area (Å²) < 4.78 is 27.3. The maximum absolute atomic E-state index is 14.1. The molecule has 2 aromatic rings. The second kappa shape index (κ2) is 6.60. The van der Waals surface area contributed by atoms with E-state index >= 15 is 0 Å².